The molecule has 2 fully saturated rings. The maximum Gasteiger partial charge on any atom is 0.254 e. The van der Waals surface area contributed by atoms with Crippen molar-refractivity contribution in [2.75, 3.05) is 18.0 Å². The van der Waals surface area contributed by atoms with Crippen molar-refractivity contribution < 1.29 is 4.79 Å². The molecule has 0 spiro atoms. The van der Waals surface area contributed by atoms with Gasteiger partial charge in [-0.1, -0.05) is 11.6 Å². The van der Waals surface area contributed by atoms with Crippen LogP contribution in [0.3, 0.4) is 0 Å². The van der Waals surface area contributed by atoms with E-state index in [9.17, 15) is 4.79 Å². The minimum atomic E-state index is 0.101. The van der Waals surface area contributed by atoms with Gasteiger partial charge in [0, 0.05) is 30.7 Å². The lowest BCUT2D eigenvalue weighted by Gasteiger charge is -2.39. The first-order chi connectivity index (χ1) is 15.1. The number of amides is 1. The largest absolute Gasteiger partial charge is 0.341 e. The van der Waals surface area contributed by atoms with E-state index in [0.29, 0.717) is 28.4 Å². The maximum atomic E-state index is 13.4. The number of hydrogen-bond acceptors (Lipinski definition) is 7. The Balaban J connectivity index is 1.28. The van der Waals surface area contributed by atoms with E-state index >= 15 is 0 Å². The van der Waals surface area contributed by atoms with Crippen molar-refractivity contribution in [3.8, 4) is 5.69 Å². The summed E-state index contributed by atoms with van der Waals surface area (Å²) in [7, 11) is 0. The molecular weight excluding hydrogens is 416 g/mol. The third kappa shape index (κ3) is 4.10. The number of anilines is 1. The highest BCUT2D eigenvalue weighted by Crippen LogP contribution is 2.33. The Morgan fingerprint density at radius 3 is 2.26 bits per heavy atom. The first kappa shape index (κ1) is 19.9. The van der Waals surface area contributed by atoms with E-state index in [-0.39, 0.29) is 11.9 Å². The lowest BCUT2D eigenvalue weighted by molar-refractivity contribution is 0.0630. The number of carbonyl (C=O) groups excluding carboxylic acids is 1. The molecule has 1 aliphatic carbocycles. The molecule has 5 rings (SSSR count). The molecule has 1 amide bonds. The molecule has 3 aromatic rings. The molecule has 10 heteroatoms. The quantitative estimate of drug-likeness (QED) is 0.604. The predicted octanol–water partition coefficient (Wildman–Crippen LogP) is 2.69. The molecule has 1 saturated heterocycles. The normalized spacial score (nSPS) is 17.0. The van der Waals surface area contributed by atoms with E-state index in [0.717, 1.165) is 44.5 Å². The summed E-state index contributed by atoms with van der Waals surface area (Å²) in [6.45, 7) is 3.48. The fourth-order valence-electron chi connectivity index (χ4n) is 4.16. The number of benzene rings is 1. The van der Waals surface area contributed by atoms with Gasteiger partial charge in [0.2, 0.25) is 5.95 Å². The molecule has 0 radical (unpaired) electrons. The van der Waals surface area contributed by atoms with Gasteiger partial charge in [0.05, 0.1) is 23.1 Å². The van der Waals surface area contributed by atoms with Crippen LogP contribution in [0.25, 0.3) is 5.69 Å². The van der Waals surface area contributed by atoms with Crippen LogP contribution in [0.1, 0.15) is 41.9 Å². The zero-order valence-corrected chi connectivity index (χ0v) is 18.0. The first-order valence-electron chi connectivity index (χ1n) is 10.5. The third-order valence-corrected chi connectivity index (χ3v) is 6.10. The van der Waals surface area contributed by atoms with Gasteiger partial charge < -0.3 is 9.80 Å². The van der Waals surface area contributed by atoms with Crippen molar-refractivity contribution in [3.05, 3.63) is 53.1 Å². The number of aromatic nitrogens is 6. The van der Waals surface area contributed by atoms with Crippen molar-refractivity contribution in [2.24, 2.45) is 0 Å². The van der Waals surface area contributed by atoms with Crippen LogP contribution in [0.5, 0.6) is 0 Å². The van der Waals surface area contributed by atoms with Crippen LogP contribution in [-0.2, 0) is 0 Å². The van der Waals surface area contributed by atoms with Crippen molar-refractivity contribution in [2.45, 2.75) is 44.7 Å². The van der Waals surface area contributed by atoms with Crippen LogP contribution in [0, 0.1) is 6.92 Å². The van der Waals surface area contributed by atoms with Gasteiger partial charge in [-0.05, 0) is 67.3 Å². The van der Waals surface area contributed by atoms with Crippen LogP contribution in [0.2, 0.25) is 5.02 Å². The number of carbonyl (C=O) groups is 1. The summed E-state index contributed by atoms with van der Waals surface area (Å²) in [6.07, 6.45) is 7.20. The average Bonchev–Trinajstić information content (AvgIpc) is 3.54. The van der Waals surface area contributed by atoms with Gasteiger partial charge in [0.1, 0.15) is 0 Å². The summed E-state index contributed by atoms with van der Waals surface area (Å²) in [4.78, 5) is 26.3. The summed E-state index contributed by atoms with van der Waals surface area (Å²) in [5.74, 6) is 1.50. The lowest BCUT2D eigenvalue weighted by atomic mass is 10.0. The van der Waals surface area contributed by atoms with E-state index < -0.39 is 0 Å². The van der Waals surface area contributed by atoms with Gasteiger partial charge in [0.25, 0.3) is 5.91 Å². The fraction of sp³-hybridized carbons (Fsp3) is 0.429. The molecule has 2 aliphatic rings. The topological polar surface area (TPSA) is 92.9 Å². The molecule has 0 unspecified atom stereocenters. The molecule has 1 saturated carbocycles. The second kappa shape index (κ2) is 8.22. The minimum absolute atomic E-state index is 0.101. The third-order valence-electron chi connectivity index (χ3n) is 5.91. The Labute approximate surface area is 185 Å². The van der Waals surface area contributed by atoms with Crippen molar-refractivity contribution in [1.82, 2.24) is 35.1 Å². The molecule has 0 atom stereocenters. The molecule has 3 heterocycles. The Kier molecular flexibility index (Phi) is 5.27. The monoisotopic (exact) mass is 438 g/mol. The summed E-state index contributed by atoms with van der Waals surface area (Å²) >= 11 is 5.90. The standard InChI is InChI=1S/C21H23ClN8O/c1-14-25-26-27-30(14)19-4-2-15(3-5-19)20(31)29(17-6-7-17)18-8-10-28(11-9-18)21-23-12-16(22)13-24-21/h2-5,12-13,17-18H,6-11H2,1H3. The van der Waals surface area contributed by atoms with Gasteiger partial charge >= 0.3 is 0 Å². The van der Waals surface area contributed by atoms with E-state index in [1.54, 1.807) is 17.1 Å². The molecule has 1 aromatic carbocycles. The van der Waals surface area contributed by atoms with Crippen molar-refractivity contribution in [3.63, 3.8) is 0 Å². The number of halogens is 1. The summed E-state index contributed by atoms with van der Waals surface area (Å²) in [6, 6.07) is 8.09. The van der Waals surface area contributed by atoms with Crippen molar-refractivity contribution >= 4 is 23.5 Å². The number of piperidine rings is 1. The average molecular weight is 439 g/mol. The summed E-state index contributed by atoms with van der Waals surface area (Å²) in [5.41, 5.74) is 1.54. The molecule has 31 heavy (non-hydrogen) atoms. The molecule has 0 bridgehead atoms. The molecule has 2 aromatic heterocycles. The van der Waals surface area contributed by atoms with Crippen molar-refractivity contribution in [1.29, 1.82) is 0 Å². The highest BCUT2D eigenvalue weighted by Gasteiger charge is 2.39. The van der Waals surface area contributed by atoms with Gasteiger partial charge in [-0.25, -0.2) is 9.97 Å². The van der Waals surface area contributed by atoms with Gasteiger partial charge in [-0.3, -0.25) is 4.79 Å². The van der Waals surface area contributed by atoms with E-state index in [2.05, 4.69) is 35.3 Å². The molecular formula is C21H23ClN8O. The number of tetrazole rings is 1. The molecule has 160 valence electrons. The van der Waals surface area contributed by atoms with Crippen LogP contribution in [0.15, 0.2) is 36.7 Å². The van der Waals surface area contributed by atoms with E-state index in [1.165, 1.54) is 0 Å². The van der Waals surface area contributed by atoms with Gasteiger partial charge in [-0.15, -0.1) is 5.10 Å². The molecule has 9 nitrogen and oxygen atoms in total. The lowest BCUT2D eigenvalue weighted by Crippen LogP contribution is -2.48. The highest BCUT2D eigenvalue weighted by atomic mass is 35.5. The Morgan fingerprint density at radius 2 is 1.68 bits per heavy atom. The molecule has 0 N–H and O–H groups in total. The zero-order valence-electron chi connectivity index (χ0n) is 17.2. The minimum Gasteiger partial charge on any atom is -0.341 e. The molecule has 1 aliphatic heterocycles. The van der Waals surface area contributed by atoms with Gasteiger partial charge in [0.15, 0.2) is 5.82 Å². The van der Waals surface area contributed by atoms with Crippen LogP contribution < -0.4 is 4.90 Å². The predicted molar refractivity (Wildman–Crippen MR) is 115 cm³/mol. The number of rotatable bonds is 5. The first-order valence-corrected chi connectivity index (χ1v) is 10.9. The van der Waals surface area contributed by atoms with Crippen LogP contribution in [0.4, 0.5) is 5.95 Å². The second-order valence-corrected chi connectivity index (χ2v) is 8.48. The summed E-state index contributed by atoms with van der Waals surface area (Å²) < 4.78 is 1.65. The Hall–Kier alpha value is -3.07. The number of aryl methyl sites for hydroxylation is 1. The Bertz CT molecular complexity index is 1060. The SMILES string of the molecule is Cc1nnnn1-c1ccc(C(=O)N(C2CC2)C2CCN(c3ncc(Cl)cn3)CC2)cc1. The van der Waals surface area contributed by atoms with Crippen LogP contribution in [-0.4, -0.2) is 66.2 Å². The highest BCUT2D eigenvalue weighted by molar-refractivity contribution is 6.30. The van der Waals surface area contributed by atoms with E-state index in [4.69, 9.17) is 11.6 Å². The fourth-order valence-corrected chi connectivity index (χ4v) is 4.26. The smallest absolute Gasteiger partial charge is 0.254 e. The number of nitrogens with zero attached hydrogens (tertiary/aromatic N) is 8. The number of hydrogen-bond donors (Lipinski definition) is 0. The second-order valence-electron chi connectivity index (χ2n) is 8.05. The van der Waals surface area contributed by atoms with Crippen LogP contribution >= 0.6 is 11.6 Å². The van der Waals surface area contributed by atoms with Gasteiger partial charge in [-0.2, -0.15) is 4.68 Å². The maximum absolute atomic E-state index is 13.4. The Morgan fingerprint density at radius 1 is 1.03 bits per heavy atom. The zero-order chi connectivity index (χ0) is 21.4. The summed E-state index contributed by atoms with van der Waals surface area (Å²) in [5, 5.41) is 12.1. The van der Waals surface area contributed by atoms with E-state index in [1.807, 2.05) is 31.2 Å².